The Hall–Kier alpha value is -2.07. The van der Waals surface area contributed by atoms with Crippen molar-refractivity contribution in [1.82, 2.24) is 9.88 Å². The van der Waals surface area contributed by atoms with Crippen LogP contribution in [0.3, 0.4) is 0 Å². The van der Waals surface area contributed by atoms with Crippen molar-refractivity contribution in [3.8, 4) is 5.75 Å². The highest BCUT2D eigenvalue weighted by Crippen LogP contribution is 2.48. The van der Waals surface area contributed by atoms with Crippen molar-refractivity contribution in [2.24, 2.45) is 0 Å². The number of pyridine rings is 1. The van der Waals surface area contributed by atoms with Crippen molar-refractivity contribution >= 4 is 0 Å². The smallest absolute Gasteiger partial charge is 0.250 e. The van der Waals surface area contributed by atoms with Gasteiger partial charge in [-0.25, -0.2) is 0 Å². The molecule has 1 atom stereocenters. The number of nitrogens with one attached hydrogen (secondary N) is 1. The van der Waals surface area contributed by atoms with E-state index in [1.807, 2.05) is 12.3 Å². The molecule has 2 aliphatic rings. The van der Waals surface area contributed by atoms with Gasteiger partial charge in [-0.2, -0.15) is 0 Å². The van der Waals surface area contributed by atoms with Crippen LogP contribution < -0.4 is 15.6 Å². The summed E-state index contributed by atoms with van der Waals surface area (Å²) in [5.41, 5.74) is 1.45. The van der Waals surface area contributed by atoms with Crippen molar-refractivity contribution in [3.05, 3.63) is 64.6 Å². The van der Waals surface area contributed by atoms with Gasteiger partial charge in [0.25, 0.3) is 0 Å². The molecule has 1 aromatic carbocycles. The molecule has 2 heterocycles. The van der Waals surface area contributed by atoms with E-state index in [0.29, 0.717) is 6.04 Å². The van der Waals surface area contributed by atoms with Crippen LogP contribution in [0.2, 0.25) is 0 Å². The Morgan fingerprint density at radius 3 is 2.76 bits per heavy atom. The SMILES string of the molecule is O=c1ccccn1CCCCNC1CC2(CCC2)Oc2ccccc21. The maximum Gasteiger partial charge on any atom is 0.250 e. The number of hydrogen-bond acceptors (Lipinski definition) is 3. The van der Waals surface area contributed by atoms with E-state index in [1.165, 1.54) is 24.8 Å². The lowest BCUT2D eigenvalue weighted by Gasteiger charge is -2.48. The third kappa shape index (κ3) is 3.49. The van der Waals surface area contributed by atoms with Gasteiger partial charge in [0.2, 0.25) is 5.56 Å². The Bertz CT molecular complexity index is 779. The van der Waals surface area contributed by atoms with Crippen LogP contribution in [0, 0.1) is 0 Å². The van der Waals surface area contributed by atoms with Gasteiger partial charge in [0.05, 0.1) is 0 Å². The van der Waals surface area contributed by atoms with Crippen molar-refractivity contribution in [1.29, 1.82) is 0 Å². The summed E-state index contributed by atoms with van der Waals surface area (Å²) < 4.78 is 8.09. The maximum atomic E-state index is 11.7. The highest BCUT2D eigenvalue weighted by molar-refractivity contribution is 5.39. The van der Waals surface area contributed by atoms with Crippen LogP contribution in [0.1, 0.15) is 50.1 Å². The average Bonchev–Trinajstić information content (AvgIpc) is 2.61. The third-order valence-corrected chi connectivity index (χ3v) is 5.58. The van der Waals surface area contributed by atoms with Crippen LogP contribution in [-0.2, 0) is 6.54 Å². The lowest BCUT2D eigenvalue weighted by Crippen LogP contribution is -2.49. The molecule has 1 aliphatic carbocycles. The normalized spacial score (nSPS) is 20.6. The Balaban J connectivity index is 1.32. The summed E-state index contributed by atoms with van der Waals surface area (Å²) in [6.45, 7) is 1.76. The molecule has 4 nitrogen and oxygen atoms in total. The summed E-state index contributed by atoms with van der Waals surface area (Å²) in [6, 6.07) is 14.1. The van der Waals surface area contributed by atoms with Gasteiger partial charge in [-0.15, -0.1) is 0 Å². The molecule has 1 spiro atoms. The largest absolute Gasteiger partial charge is 0.487 e. The molecular formula is C21H26N2O2. The maximum absolute atomic E-state index is 11.7. The van der Waals surface area contributed by atoms with Crippen molar-refractivity contribution < 1.29 is 4.74 Å². The number of nitrogens with zero attached hydrogens (tertiary/aromatic N) is 1. The van der Waals surface area contributed by atoms with Crippen LogP contribution in [0.25, 0.3) is 0 Å². The molecule has 4 heteroatoms. The molecule has 0 bridgehead atoms. The highest BCUT2D eigenvalue weighted by Gasteiger charge is 2.45. The molecule has 0 saturated heterocycles. The second-order valence-electron chi connectivity index (χ2n) is 7.33. The Morgan fingerprint density at radius 2 is 1.96 bits per heavy atom. The first-order valence-electron chi connectivity index (χ1n) is 9.43. The van der Waals surface area contributed by atoms with Crippen LogP contribution in [0.5, 0.6) is 5.75 Å². The number of para-hydroxylation sites is 1. The van der Waals surface area contributed by atoms with E-state index in [-0.39, 0.29) is 11.2 Å². The zero-order chi connectivity index (χ0) is 17.1. The number of rotatable bonds is 6. The molecule has 4 rings (SSSR count). The van der Waals surface area contributed by atoms with E-state index >= 15 is 0 Å². The summed E-state index contributed by atoms with van der Waals surface area (Å²) in [7, 11) is 0. The molecule has 1 unspecified atom stereocenters. The molecule has 25 heavy (non-hydrogen) atoms. The Kier molecular flexibility index (Phi) is 4.62. The fourth-order valence-electron chi connectivity index (χ4n) is 4.01. The quantitative estimate of drug-likeness (QED) is 0.818. The molecule has 1 fully saturated rings. The number of benzene rings is 1. The molecule has 0 radical (unpaired) electrons. The number of hydrogen-bond donors (Lipinski definition) is 1. The highest BCUT2D eigenvalue weighted by atomic mass is 16.5. The fourth-order valence-corrected chi connectivity index (χ4v) is 4.01. The number of aryl methyl sites for hydroxylation is 1. The number of aromatic nitrogens is 1. The first-order chi connectivity index (χ1) is 12.3. The molecule has 1 saturated carbocycles. The molecule has 132 valence electrons. The predicted molar refractivity (Wildman–Crippen MR) is 98.9 cm³/mol. The first kappa shape index (κ1) is 16.4. The summed E-state index contributed by atoms with van der Waals surface area (Å²) >= 11 is 0. The number of ether oxygens (including phenoxy) is 1. The lowest BCUT2D eigenvalue weighted by atomic mass is 9.73. The fraction of sp³-hybridized carbons (Fsp3) is 0.476. The van der Waals surface area contributed by atoms with Crippen molar-refractivity contribution in [2.75, 3.05) is 6.54 Å². The van der Waals surface area contributed by atoms with Gasteiger partial charge in [-0.3, -0.25) is 4.79 Å². The van der Waals surface area contributed by atoms with E-state index in [9.17, 15) is 4.79 Å². The van der Waals surface area contributed by atoms with Gasteiger partial charge in [-0.05, 0) is 50.8 Å². The first-order valence-corrected chi connectivity index (χ1v) is 9.43. The van der Waals surface area contributed by atoms with E-state index in [1.54, 1.807) is 16.7 Å². The Morgan fingerprint density at radius 1 is 1.12 bits per heavy atom. The minimum Gasteiger partial charge on any atom is -0.487 e. The minimum absolute atomic E-state index is 0.0728. The molecule has 1 aliphatic heterocycles. The summed E-state index contributed by atoms with van der Waals surface area (Å²) in [5, 5.41) is 3.73. The van der Waals surface area contributed by atoms with Gasteiger partial charge < -0.3 is 14.6 Å². The van der Waals surface area contributed by atoms with Gasteiger partial charge in [0.1, 0.15) is 11.4 Å². The third-order valence-electron chi connectivity index (χ3n) is 5.58. The number of unbranched alkanes of at least 4 members (excludes halogenated alkanes) is 1. The van der Waals surface area contributed by atoms with Crippen molar-refractivity contribution in [3.63, 3.8) is 0 Å². The number of fused-ring (bicyclic) bond motifs is 1. The monoisotopic (exact) mass is 338 g/mol. The van der Waals surface area contributed by atoms with Gasteiger partial charge in [0, 0.05) is 36.8 Å². The molecular weight excluding hydrogens is 312 g/mol. The topological polar surface area (TPSA) is 43.3 Å². The van der Waals surface area contributed by atoms with Gasteiger partial charge in [0.15, 0.2) is 0 Å². The summed E-state index contributed by atoms with van der Waals surface area (Å²) in [6.07, 6.45) is 8.64. The van der Waals surface area contributed by atoms with Crippen LogP contribution >= 0.6 is 0 Å². The van der Waals surface area contributed by atoms with E-state index < -0.39 is 0 Å². The van der Waals surface area contributed by atoms with Crippen LogP contribution in [0.4, 0.5) is 0 Å². The summed E-state index contributed by atoms with van der Waals surface area (Å²) in [5.74, 6) is 1.06. The molecule has 0 amide bonds. The van der Waals surface area contributed by atoms with Crippen molar-refractivity contribution in [2.45, 2.75) is 56.7 Å². The van der Waals surface area contributed by atoms with Gasteiger partial charge in [-0.1, -0.05) is 24.3 Å². The average molecular weight is 338 g/mol. The lowest BCUT2D eigenvalue weighted by molar-refractivity contribution is -0.0368. The van der Waals surface area contributed by atoms with Gasteiger partial charge >= 0.3 is 0 Å². The standard InChI is InChI=1S/C21H26N2O2/c24-20-10-3-5-14-23(20)15-6-4-13-22-18-16-21(11-7-12-21)25-19-9-2-1-8-17(18)19/h1-3,5,8-10,14,18,22H,4,6-7,11-13,15-16H2. The zero-order valence-electron chi connectivity index (χ0n) is 14.6. The second kappa shape index (κ2) is 7.04. The van der Waals surface area contributed by atoms with Crippen LogP contribution in [-0.4, -0.2) is 16.7 Å². The Labute approximate surface area is 148 Å². The minimum atomic E-state index is 0.0728. The molecule has 2 aromatic rings. The summed E-state index contributed by atoms with van der Waals surface area (Å²) in [4.78, 5) is 11.7. The van der Waals surface area contributed by atoms with E-state index in [4.69, 9.17) is 4.74 Å². The molecule has 1 aromatic heterocycles. The van der Waals surface area contributed by atoms with E-state index in [2.05, 4.69) is 29.6 Å². The van der Waals surface area contributed by atoms with Crippen LogP contribution in [0.15, 0.2) is 53.5 Å². The van der Waals surface area contributed by atoms with E-state index in [0.717, 1.165) is 38.1 Å². The zero-order valence-corrected chi connectivity index (χ0v) is 14.6. The second-order valence-corrected chi connectivity index (χ2v) is 7.33. The molecule has 1 N–H and O–H groups in total. The predicted octanol–water partition coefficient (Wildman–Crippen LogP) is 3.66.